The molecule has 0 spiro atoms. The SMILES string of the molecule is C.CCCCCCCCCCCCOP(=O)(O)O. The van der Waals surface area contributed by atoms with E-state index in [1.807, 2.05) is 0 Å². The Labute approximate surface area is 112 Å². The van der Waals surface area contributed by atoms with Crippen LogP contribution in [0.1, 0.15) is 78.6 Å². The molecule has 2 N–H and O–H groups in total. The maximum Gasteiger partial charge on any atom is 0.469 e. The van der Waals surface area contributed by atoms with Gasteiger partial charge in [-0.25, -0.2) is 4.57 Å². The summed E-state index contributed by atoms with van der Waals surface area (Å²) in [4.78, 5) is 16.9. The van der Waals surface area contributed by atoms with E-state index in [2.05, 4.69) is 11.4 Å². The second-order valence-corrected chi connectivity index (χ2v) is 5.75. The second-order valence-electron chi connectivity index (χ2n) is 4.51. The normalized spacial score (nSPS) is 11.3. The molecule has 0 amide bonds. The highest BCUT2D eigenvalue weighted by Gasteiger charge is 2.12. The van der Waals surface area contributed by atoms with Crippen LogP contribution in [0, 0.1) is 0 Å². The Hall–Kier alpha value is 0.110. The third-order valence-corrected chi connectivity index (χ3v) is 3.28. The summed E-state index contributed by atoms with van der Waals surface area (Å²) in [5.41, 5.74) is 0. The summed E-state index contributed by atoms with van der Waals surface area (Å²) in [6, 6.07) is 0. The maximum absolute atomic E-state index is 10.4. The Balaban J connectivity index is 0. The van der Waals surface area contributed by atoms with Crippen molar-refractivity contribution in [2.24, 2.45) is 0 Å². The Morgan fingerprint density at radius 1 is 0.833 bits per heavy atom. The molecule has 0 rings (SSSR count). The summed E-state index contributed by atoms with van der Waals surface area (Å²) in [5, 5.41) is 0. The van der Waals surface area contributed by atoms with Gasteiger partial charge in [0.2, 0.25) is 0 Å². The molecule has 0 radical (unpaired) electrons. The molecule has 0 atom stereocenters. The Bertz CT molecular complexity index is 203. The molecule has 5 heteroatoms. The van der Waals surface area contributed by atoms with Crippen LogP contribution in [0.5, 0.6) is 0 Å². The summed E-state index contributed by atoms with van der Waals surface area (Å²) >= 11 is 0. The van der Waals surface area contributed by atoms with Crippen LogP contribution in [0.25, 0.3) is 0 Å². The van der Waals surface area contributed by atoms with Crippen LogP contribution in [0.3, 0.4) is 0 Å². The molecule has 0 heterocycles. The summed E-state index contributed by atoms with van der Waals surface area (Å²) < 4.78 is 14.7. The lowest BCUT2D eigenvalue weighted by Crippen LogP contribution is -1.92. The van der Waals surface area contributed by atoms with Gasteiger partial charge in [0.1, 0.15) is 0 Å². The maximum atomic E-state index is 10.4. The zero-order chi connectivity index (χ0) is 13.0. The molecule has 112 valence electrons. The van der Waals surface area contributed by atoms with E-state index < -0.39 is 7.82 Å². The van der Waals surface area contributed by atoms with Gasteiger partial charge in [-0.1, -0.05) is 72.1 Å². The second kappa shape index (κ2) is 13.5. The topological polar surface area (TPSA) is 66.8 Å². The molecule has 0 aromatic rings. The van der Waals surface area contributed by atoms with Crippen LogP contribution in [0.4, 0.5) is 0 Å². The summed E-state index contributed by atoms with van der Waals surface area (Å²) in [7, 11) is -4.24. The quantitative estimate of drug-likeness (QED) is 0.404. The minimum absolute atomic E-state index is 0. The minimum atomic E-state index is -4.24. The fourth-order valence-corrected chi connectivity index (χ4v) is 2.14. The van der Waals surface area contributed by atoms with Gasteiger partial charge in [0, 0.05) is 0 Å². The zero-order valence-electron chi connectivity index (χ0n) is 10.9. The van der Waals surface area contributed by atoms with E-state index in [0.717, 1.165) is 19.3 Å². The molecule has 4 nitrogen and oxygen atoms in total. The first kappa shape index (κ1) is 20.4. The van der Waals surface area contributed by atoms with Gasteiger partial charge in [0.25, 0.3) is 0 Å². The lowest BCUT2D eigenvalue weighted by molar-refractivity contribution is 0.193. The number of phosphoric acid groups is 1. The first-order chi connectivity index (χ1) is 8.06. The molecule has 0 aliphatic carbocycles. The molecule has 0 fully saturated rings. The van der Waals surface area contributed by atoms with Gasteiger partial charge in [-0.05, 0) is 6.42 Å². The van der Waals surface area contributed by atoms with Gasteiger partial charge in [-0.3, -0.25) is 4.52 Å². The molecule has 0 aromatic carbocycles. The summed E-state index contributed by atoms with van der Waals surface area (Å²) in [6.45, 7) is 2.39. The van der Waals surface area contributed by atoms with Crippen LogP contribution >= 0.6 is 7.82 Å². The number of phosphoric ester groups is 1. The molecular weight excluding hydrogens is 251 g/mol. The van der Waals surface area contributed by atoms with Gasteiger partial charge >= 0.3 is 7.82 Å². The summed E-state index contributed by atoms with van der Waals surface area (Å²) in [6.07, 6.45) is 12.0. The zero-order valence-corrected chi connectivity index (χ0v) is 11.8. The molecule has 0 aliphatic heterocycles. The van der Waals surface area contributed by atoms with E-state index >= 15 is 0 Å². The molecule has 0 saturated carbocycles. The average molecular weight is 282 g/mol. The van der Waals surface area contributed by atoms with Crippen molar-refractivity contribution < 1.29 is 18.9 Å². The van der Waals surface area contributed by atoms with Crippen molar-refractivity contribution in [2.45, 2.75) is 78.6 Å². The average Bonchev–Trinajstić information content (AvgIpc) is 2.24. The molecule has 0 bridgehead atoms. The molecule has 0 saturated heterocycles. The fourth-order valence-electron chi connectivity index (χ4n) is 1.77. The number of rotatable bonds is 12. The van der Waals surface area contributed by atoms with E-state index in [1.54, 1.807) is 0 Å². The van der Waals surface area contributed by atoms with Crippen molar-refractivity contribution in [2.75, 3.05) is 6.61 Å². The van der Waals surface area contributed by atoms with Gasteiger partial charge in [0.05, 0.1) is 6.61 Å². The van der Waals surface area contributed by atoms with Crippen LogP contribution in [-0.4, -0.2) is 16.4 Å². The van der Waals surface area contributed by atoms with Gasteiger partial charge in [0.15, 0.2) is 0 Å². The highest BCUT2D eigenvalue weighted by Crippen LogP contribution is 2.35. The number of hydrogen-bond donors (Lipinski definition) is 2. The molecule has 0 unspecified atom stereocenters. The first-order valence-electron chi connectivity index (χ1n) is 6.76. The van der Waals surface area contributed by atoms with Crippen LogP contribution in [0.15, 0.2) is 0 Å². The largest absolute Gasteiger partial charge is 0.469 e. The first-order valence-corrected chi connectivity index (χ1v) is 8.29. The minimum Gasteiger partial charge on any atom is -0.303 e. The van der Waals surface area contributed by atoms with Crippen molar-refractivity contribution in [3.8, 4) is 0 Å². The summed E-state index contributed by atoms with van der Waals surface area (Å²) in [5.74, 6) is 0. The Morgan fingerprint density at radius 3 is 1.61 bits per heavy atom. The highest BCUT2D eigenvalue weighted by molar-refractivity contribution is 7.46. The lowest BCUT2D eigenvalue weighted by atomic mass is 10.1. The Morgan fingerprint density at radius 2 is 1.22 bits per heavy atom. The fraction of sp³-hybridized carbons (Fsp3) is 1.00. The van der Waals surface area contributed by atoms with Crippen LogP contribution in [0.2, 0.25) is 0 Å². The molecule has 0 aromatic heterocycles. The monoisotopic (exact) mass is 282 g/mol. The van der Waals surface area contributed by atoms with Gasteiger partial charge in [-0.2, -0.15) is 0 Å². The third kappa shape index (κ3) is 18.5. The third-order valence-electron chi connectivity index (χ3n) is 2.76. The number of unbranched alkanes of at least 4 members (excludes halogenated alkanes) is 9. The smallest absolute Gasteiger partial charge is 0.303 e. The standard InChI is InChI=1S/C12H27O4P.CH4/c1-2-3-4-5-6-7-8-9-10-11-12-16-17(13,14)15;/h2-12H2,1H3,(H2,13,14,15);1H4. The Kier molecular flexibility index (Phi) is 15.4. The van der Waals surface area contributed by atoms with E-state index in [9.17, 15) is 4.57 Å². The highest BCUT2D eigenvalue weighted by atomic mass is 31.2. The van der Waals surface area contributed by atoms with Crippen molar-refractivity contribution in [1.29, 1.82) is 0 Å². The molecular formula is C13H31O4P. The van der Waals surface area contributed by atoms with E-state index in [4.69, 9.17) is 9.79 Å². The van der Waals surface area contributed by atoms with Gasteiger partial charge in [-0.15, -0.1) is 0 Å². The van der Waals surface area contributed by atoms with E-state index in [-0.39, 0.29) is 14.0 Å². The van der Waals surface area contributed by atoms with Crippen molar-refractivity contribution in [3.05, 3.63) is 0 Å². The predicted octanol–water partition coefficient (Wildman–Crippen LogP) is 4.65. The molecule has 0 aliphatic rings. The van der Waals surface area contributed by atoms with Crippen LogP contribution < -0.4 is 0 Å². The van der Waals surface area contributed by atoms with Crippen LogP contribution in [-0.2, 0) is 9.09 Å². The van der Waals surface area contributed by atoms with E-state index in [1.165, 1.54) is 44.9 Å². The van der Waals surface area contributed by atoms with Crippen molar-refractivity contribution in [3.63, 3.8) is 0 Å². The van der Waals surface area contributed by atoms with E-state index in [0.29, 0.717) is 0 Å². The number of hydrogen-bond acceptors (Lipinski definition) is 2. The predicted molar refractivity (Wildman–Crippen MR) is 76.6 cm³/mol. The lowest BCUT2D eigenvalue weighted by Gasteiger charge is -2.05. The molecule has 18 heavy (non-hydrogen) atoms. The van der Waals surface area contributed by atoms with Gasteiger partial charge < -0.3 is 9.79 Å². The van der Waals surface area contributed by atoms with Crippen molar-refractivity contribution in [1.82, 2.24) is 0 Å². The van der Waals surface area contributed by atoms with Crippen molar-refractivity contribution >= 4 is 7.82 Å².